The summed E-state index contributed by atoms with van der Waals surface area (Å²) in [5, 5.41) is 5.55. The number of nitrogens with zero attached hydrogens (tertiary/aromatic N) is 1. The summed E-state index contributed by atoms with van der Waals surface area (Å²) in [5.74, 6) is -1.28. The maximum absolute atomic E-state index is 12.2. The lowest BCUT2D eigenvalue weighted by atomic mass is 10.2. The quantitative estimate of drug-likeness (QED) is 0.565. The number of hydrogen-bond donors (Lipinski definition) is 2. The number of nitrogens with one attached hydrogen (secondary N) is 2. The number of amides is 3. The third-order valence-electron chi connectivity index (χ3n) is 3.40. The highest BCUT2D eigenvalue weighted by Gasteiger charge is 2.29. The molecule has 2 N–H and O–H groups in total. The smallest absolute Gasteiger partial charge is 0.333 e. The van der Waals surface area contributed by atoms with Crippen LogP contribution in [0, 0.1) is 0 Å². The lowest BCUT2D eigenvalue weighted by Gasteiger charge is -2.16. The van der Waals surface area contributed by atoms with Crippen LogP contribution in [0.15, 0.2) is 35.4 Å². The molecule has 0 aliphatic carbocycles. The minimum absolute atomic E-state index is 0.166. The van der Waals surface area contributed by atoms with Gasteiger partial charge in [-0.2, -0.15) is 0 Å². The zero-order valence-electron chi connectivity index (χ0n) is 14.4. The van der Waals surface area contributed by atoms with E-state index >= 15 is 0 Å². The first kappa shape index (κ1) is 19.5. The van der Waals surface area contributed by atoms with E-state index in [1.807, 2.05) is 0 Å². The molecule has 2 rings (SSSR count). The molecule has 0 spiro atoms. The molecule has 0 unspecified atom stereocenters. The van der Waals surface area contributed by atoms with Crippen molar-refractivity contribution in [3.63, 3.8) is 0 Å². The van der Waals surface area contributed by atoms with Crippen molar-refractivity contribution in [1.29, 1.82) is 0 Å². The van der Waals surface area contributed by atoms with E-state index in [1.165, 1.54) is 29.8 Å². The summed E-state index contributed by atoms with van der Waals surface area (Å²) >= 11 is 1.18. The van der Waals surface area contributed by atoms with Crippen LogP contribution in [0.5, 0.6) is 0 Å². The summed E-state index contributed by atoms with van der Waals surface area (Å²) in [6, 6.07) is 6.35. The van der Waals surface area contributed by atoms with Crippen molar-refractivity contribution in [3.8, 4) is 0 Å². The van der Waals surface area contributed by atoms with E-state index in [2.05, 4.69) is 10.6 Å². The Balaban J connectivity index is 2.00. The number of carbonyl (C=O) groups excluding carboxylic acids is 4. The molecule has 1 aliphatic heterocycles. The van der Waals surface area contributed by atoms with E-state index in [1.54, 1.807) is 31.2 Å². The summed E-state index contributed by atoms with van der Waals surface area (Å²) in [6.07, 6.45) is 1.21. The van der Waals surface area contributed by atoms with Gasteiger partial charge in [-0.15, -0.1) is 0 Å². The van der Waals surface area contributed by atoms with Crippen LogP contribution < -0.4 is 10.6 Å². The average molecular weight is 377 g/mol. The van der Waals surface area contributed by atoms with Crippen molar-refractivity contribution in [2.45, 2.75) is 6.92 Å². The van der Waals surface area contributed by atoms with Gasteiger partial charge >= 0.3 is 5.97 Å². The SMILES string of the molecule is CCOC(=O)/C=C1\SCC(=O)N1CC(=O)Nc1ccc(C(=O)NC)cc1. The molecule has 0 atom stereocenters. The van der Waals surface area contributed by atoms with Crippen molar-refractivity contribution < 1.29 is 23.9 Å². The van der Waals surface area contributed by atoms with Crippen LogP contribution in [-0.2, 0) is 19.1 Å². The largest absolute Gasteiger partial charge is 0.463 e. The number of rotatable bonds is 6. The highest BCUT2D eigenvalue weighted by atomic mass is 32.2. The first-order valence-corrected chi connectivity index (χ1v) is 8.86. The van der Waals surface area contributed by atoms with Crippen LogP contribution in [-0.4, -0.2) is 54.5 Å². The van der Waals surface area contributed by atoms with Gasteiger partial charge in [0.2, 0.25) is 11.8 Å². The van der Waals surface area contributed by atoms with Gasteiger partial charge in [-0.05, 0) is 31.2 Å². The van der Waals surface area contributed by atoms with Gasteiger partial charge in [0.1, 0.15) is 6.54 Å². The van der Waals surface area contributed by atoms with Gasteiger partial charge < -0.3 is 15.4 Å². The van der Waals surface area contributed by atoms with Crippen molar-refractivity contribution in [2.24, 2.45) is 0 Å². The molecular weight excluding hydrogens is 358 g/mol. The number of ether oxygens (including phenoxy) is 1. The van der Waals surface area contributed by atoms with Crippen molar-refractivity contribution >= 4 is 41.1 Å². The zero-order chi connectivity index (χ0) is 19.1. The number of carbonyl (C=O) groups is 4. The molecule has 9 heteroatoms. The number of thioether (sulfide) groups is 1. The topological polar surface area (TPSA) is 105 Å². The lowest BCUT2D eigenvalue weighted by Crippen LogP contribution is -2.34. The minimum Gasteiger partial charge on any atom is -0.463 e. The summed E-state index contributed by atoms with van der Waals surface area (Å²) < 4.78 is 4.83. The Labute approximate surface area is 154 Å². The summed E-state index contributed by atoms with van der Waals surface area (Å²) in [6.45, 7) is 1.70. The van der Waals surface area contributed by atoms with Crippen LogP contribution in [0.2, 0.25) is 0 Å². The Hall–Kier alpha value is -2.81. The molecule has 26 heavy (non-hydrogen) atoms. The molecule has 1 aromatic rings. The fourth-order valence-electron chi connectivity index (χ4n) is 2.18. The molecule has 1 fully saturated rings. The Morgan fingerprint density at radius 3 is 2.58 bits per heavy atom. The average Bonchev–Trinajstić information content (AvgIpc) is 2.95. The highest BCUT2D eigenvalue weighted by molar-refractivity contribution is 8.04. The highest BCUT2D eigenvalue weighted by Crippen LogP contribution is 2.28. The molecule has 0 bridgehead atoms. The Morgan fingerprint density at radius 2 is 1.96 bits per heavy atom. The van der Waals surface area contributed by atoms with Crippen LogP contribution >= 0.6 is 11.8 Å². The number of hydrogen-bond acceptors (Lipinski definition) is 6. The predicted octanol–water partition coefficient (Wildman–Crippen LogP) is 0.965. The van der Waals surface area contributed by atoms with E-state index in [9.17, 15) is 19.2 Å². The van der Waals surface area contributed by atoms with Gasteiger partial charge in [0.15, 0.2) is 0 Å². The van der Waals surface area contributed by atoms with Crippen molar-refractivity contribution in [1.82, 2.24) is 10.2 Å². The van der Waals surface area contributed by atoms with Gasteiger partial charge in [0, 0.05) is 18.3 Å². The molecule has 0 radical (unpaired) electrons. The second-order valence-corrected chi connectivity index (χ2v) is 6.20. The Morgan fingerprint density at radius 1 is 1.27 bits per heavy atom. The molecule has 138 valence electrons. The van der Waals surface area contributed by atoms with Gasteiger partial charge in [-0.1, -0.05) is 11.8 Å². The second kappa shape index (κ2) is 9.04. The minimum atomic E-state index is -0.556. The molecule has 1 heterocycles. The normalized spacial score (nSPS) is 15.1. The summed E-state index contributed by atoms with van der Waals surface area (Å²) in [4.78, 5) is 48.5. The van der Waals surface area contributed by atoms with E-state index < -0.39 is 11.9 Å². The molecule has 1 saturated heterocycles. The van der Waals surface area contributed by atoms with Crippen LogP contribution in [0.4, 0.5) is 5.69 Å². The van der Waals surface area contributed by atoms with Gasteiger partial charge in [0.25, 0.3) is 5.91 Å². The molecule has 0 saturated carbocycles. The summed E-state index contributed by atoms with van der Waals surface area (Å²) in [5.41, 5.74) is 0.967. The van der Waals surface area contributed by atoms with E-state index in [4.69, 9.17) is 4.74 Å². The monoisotopic (exact) mass is 377 g/mol. The van der Waals surface area contributed by atoms with Gasteiger partial charge in [-0.25, -0.2) is 4.79 Å². The number of esters is 1. The van der Waals surface area contributed by atoms with Crippen LogP contribution in [0.3, 0.4) is 0 Å². The van der Waals surface area contributed by atoms with Gasteiger partial charge in [-0.3, -0.25) is 19.3 Å². The zero-order valence-corrected chi connectivity index (χ0v) is 15.2. The Kier molecular flexibility index (Phi) is 6.79. The second-order valence-electron chi connectivity index (χ2n) is 5.21. The van der Waals surface area contributed by atoms with Gasteiger partial charge in [0.05, 0.1) is 23.5 Å². The third-order valence-corrected chi connectivity index (χ3v) is 4.42. The van der Waals surface area contributed by atoms with E-state index in [0.29, 0.717) is 16.3 Å². The first-order chi connectivity index (χ1) is 12.4. The molecule has 0 aromatic heterocycles. The van der Waals surface area contributed by atoms with Crippen molar-refractivity contribution in [3.05, 3.63) is 40.9 Å². The van der Waals surface area contributed by atoms with Crippen molar-refractivity contribution in [2.75, 3.05) is 31.3 Å². The Bertz CT molecular complexity index is 745. The fraction of sp³-hybridized carbons (Fsp3) is 0.294. The third kappa shape index (κ3) is 5.09. The molecule has 8 nitrogen and oxygen atoms in total. The molecule has 1 aliphatic rings. The predicted molar refractivity (Wildman–Crippen MR) is 97.3 cm³/mol. The number of benzene rings is 1. The van der Waals surface area contributed by atoms with Crippen LogP contribution in [0.25, 0.3) is 0 Å². The maximum atomic E-state index is 12.2. The standard InChI is InChI=1S/C17H19N3O5S/c1-3-25-16(23)8-15-20(14(22)10-26-15)9-13(21)19-12-6-4-11(5-7-12)17(24)18-2/h4-8H,3,9-10H2,1-2H3,(H,18,24)(H,19,21)/b15-8-. The fourth-order valence-corrected chi connectivity index (χ4v) is 3.11. The van der Waals surface area contributed by atoms with E-state index in [-0.39, 0.29) is 30.7 Å². The number of anilines is 1. The maximum Gasteiger partial charge on any atom is 0.333 e. The first-order valence-electron chi connectivity index (χ1n) is 7.88. The molecule has 1 aromatic carbocycles. The molecular formula is C17H19N3O5S. The van der Waals surface area contributed by atoms with E-state index in [0.717, 1.165) is 0 Å². The molecule has 3 amide bonds. The lowest BCUT2D eigenvalue weighted by molar-refractivity contribution is -0.137. The van der Waals surface area contributed by atoms with Crippen LogP contribution in [0.1, 0.15) is 17.3 Å². The summed E-state index contributed by atoms with van der Waals surface area (Å²) in [7, 11) is 1.53.